The standard InChI is InChI=1S/C16H12ClN3O5/c1-25-9-4-2-3-8(5-9)18-14-10-6-12(16(21)22)19-15(10)13(20(23)24)7-11(14)17/h2-7,18-19H,1H3,(H,21,22). The average Bonchev–Trinajstić information content (AvgIpc) is 3.02. The van der Waals surface area contributed by atoms with Crippen LogP contribution in [-0.4, -0.2) is 28.1 Å². The summed E-state index contributed by atoms with van der Waals surface area (Å²) in [6.07, 6.45) is 0. The van der Waals surface area contributed by atoms with Gasteiger partial charge < -0.3 is 20.1 Å². The number of aromatic amines is 1. The molecule has 0 fully saturated rings. The number of nitro benzene ring substituents is 1. The molecule has 128 valence electrons. The molecule has 25 heavy (non-hydrogen) atoms. The van der Waals surface area contributed by atoms with Gasteiger partial charge in [-0.2, -0.15) is 0 Å². The van der Waals surface area contributed by atoms with E-state index < -0.39 is 10.9 Å². The van der Waals surface area contributed by atoms with Crippen LogP contribution in [0.1, 0.15) is 10.5 Å². The first-order valence-corrected chi connectivity index (χ1v) is 7.42. The Kier molecular flexibility index (Phi) is 4.20. The molecule has 0 aliphatic rings. The van der Waals surface area contributed by atoms with Crippen molar-refractivity contribution in [2.45, 2.75) is 0 Å². The predicted molar refractivity (Wildman–Crippen MR) is 93.2 cm³/mol. The van der Waals surface area contributed by atoms with Gasteiger partial charge in [0.1, 0.15) is 17.0 Å². The van der Waals surface area contributed by atoms with E-state index in [1.54, 1.807) is 24.3 Å². The van der Waals surface area contributed by atoms with Crippen LogP contribution in [0.4, 0.5) is 17.1 Å². The summed E-state index contributed by atoms with van der Waals surface area (Å²) < 4.78 is 5.15. The maximum atomic E-state index is 11.2. The lowest BCUT2D eigenvalue weighted by molar-refractivity contribution is -0.383. The highest BCUT2D eigenvalue weighted by molar-refractivity contribution is 6.35. The Morgan fingerprint density at radius 2 is 2.12 bits per heavy atom. The highest BCUT2D eigenvalue weighted by Gasteiger charge is 2.22. The van der Waals surface area contributed by atoms with Crippen LogP contribution >= 0.6 is 11.6 Å². The molecule has 0 unspecified atom stereocenters. The number of halogens is 1. The third kappa shape index (κ3) is 3.07. The van der Waals surface area contributed by atoms with Gasteiger partial charge in [-0.25, -0.2) is 4.79 Å². The minimum Gasteiger partial charge on any atom is -0.497 e. The molecule has 3 rings (SSSR count). The quantitative estimate of drug-likeness (QED) is 0.463. The summed E-state index contributed by atoms with van der Waals surface area (Å²) in [7, 11) is 1.53. The number of rotatable bonds is 5. The fourth-order valence-electron chi connectivity index (χ4n) is 2.48. The van der Waals surface area contributed by atoms with Crippen LogP contribution in [0.2, 0.25) is 5.02 Å². The van der Waals surface area contributed by atoms with Gasteiger partial charge in [-0.1, -0.05) is 17.7 Å². The summed E-state index contributed by atoms with van der Waals surface area (Å²) in [5.41, 5.74) is 0.601. The topological polar surface area (TPSA) is 117 Å². The molecular weight excluding hydrogens is 350 g/mol. The fourth-order valence-corrected chi connectivity index (χ4v) is 2.73. The van der Waals surface area contributed by atoms with Crippen molar-refractivity contribution in [3.8, 4) is 5.75 Å². The van der Waals surface area contributed by atoms with Crippen LogP contribution in [0.15, 0.2) is 36.4 Å². The number of aromatic carboxylic acids is 1. The number of H-pyrrole nitrogens is 1. The van der Waals surface area contributed by atoms with Crippen molar-refractivity contribution in [1.29, 1.82) is 0 Å². The zero-order chi connectivity index (χ0) is 18.1. The maximum Gasteiger partial charge on any atom is 0.352 e. The molecule has 0 atom stereocenters. The highest BCUT2D eigenvalue weighted by atomic mass is 35.5. The van der Waals surface area contributed by atoms with E-state index in [4.69, 9.17) is 21.4 Å². The molecule has 0 bridgehead atoms. The smallest absolute Gasteiger partial charge is 0.352 e. The number of aromatic nitrogens is 1. The summed E-state index contributed by atoms with van der Waals surface area (Å²) in [4.78, 5) is 24.4. The number of methoxy groups -OCH3 is 1. The predicted octanol–water partition coefficient (Wildman–Crippen LogP) is 4.18. The van der Waals surface area contributed by atoms with Crippen LogP contribution in [0, 0.1) is 10.1 Å². The number of carbonyl (C=O) groups is 1. The lowest BCUT2D eigenvalue weighted by Gasteiger charge is -2.11. The van der Waals surface area contributed by atoms with Crippen molar-refractivity contribution in [1.82, 2.24) is 4.98 Å². The lowest BCUT2D eigenvalue weighted by Crippen LogP contribution is -1.96. The number of fused-ring (bicyclic) bond motifs is 1. The zero-order valence-electron chi connectivity index (χ0n) is 12.9. The Morgan fingerprint density at radius 1 is 1.36 bits per heavy atom. The molecule has 0 aliphatic heterocycles. The number of benzene rings is 2. The van der Waals surface area contributed by atoms with E-state index in [1.165, 1.54) is 19.2 Å². The fraction of sp³-hybridized carbons (Fsp3) is 0.0625. The third-order valence-electron chi connectivity index (χ3n) is 3.61. The third-order valence-corrected chi connectivity index (χ3v) is 3.91. The Labute approximate surface area is 146 Å². The number of anilines is 2. The second-order valence-electron chi connectivity index (χ2n) is 5.14. The van der Waals surface area contributed by atoms with Gasteiger partial charge in [-0.15, -0.1) is 0 Å². The largest absolute Gasteiger partial charge is 0.497 e. The number of carboxylic acid groups (broad SMARTS) is 1. The lowest BCUT2D eigenvalue weighted by atomic mass is 10.1. The Hall–Kier alpha value is -3.26. The number of nitrogens with one attached hydrogen (secondary N) is 2. The first-order chi connectivity index (χ1) is 11.9. The number of nitrogens with zero attached hydrogens (tertiary/aromatic N) is 1. The molecule has 0 amide bonds. The molecule has 3 aromatic rings. The number of ether oxygens (including phenoxy) is 1. The number of hydrogen-bond donors (Lipinski definition) is 3. The number of nitro groups is 1. The summed E-state index contributed by atoms with van der Waals surface area (Å²) in [6, 6.07) is 9.48. The molecule has 1 aromatic heterocycles. The average molecular weight is 362 g/mol. The molecule has 1 heterocycles. The molecule has 0 aliphatic carbocycles. The highest BCUT2D eigenvalue weighted by Crippen LogP contribution is 2.39. The van der Waals surface area contributed by atoms with Gasteiger partial charge in [0, 0.05) is 23.2 Å². The molecule has 2 aromatic carbocycles. The SMILES string of the molecule is COc1cccc(Nc2c(Cl)cc([N+](=O)[O-])c3[nH]c(C(=O)O)cc23)c1. The monoisotopic (exact) mass is 361 g/mol. The van der Waals surface area contributed by atoms with Gasteiger partial charge in [0.2, 0.25) is 0 Å². The van der Waals surface area contributed by atoms with Crippen LogP contribution in [0.3, 0.4) is 0 Å². The molecule has 9 heteroatoms. The van der Waals surface area contributed by atoms with Gasteiger partial charge in [-0.3, -0.25) is 10.1 Å². The van der Waals surface area contributed by atoms with Crippen molar-refractivity contribution < 1.29 is 19.6 Å². The molecule has 0 saturated heterocycles. The van der Waals surface area contributed by atoms with Crippen LogP contribution < -0.4 is 10.1 Å². The normalized spacial score (nSPS) is 10.6. The number of carboxylic acids is 1. The van der Waals surface area contributed by atoms with Gasteiger partial charge in [-0.05, 0) is 18.2 Å². The maximum absolute atomic E-state index is 11.2. The second-order valence-corrected chi connectivity index (χ2v) is 5.55. The number of hydrogen-bond acceptors (Lipinski definition) is 5. The zero-order valence-corrected chi connectivity index (χ0v) is 13.6. The molecular formula is C16H12ClN3O5. The summed E-state index contributed by atoms with van der Waals surface area (Å²) in [5, 5.41) is 23.9. The minimum atomic E-state index is -1.23. The molecule has 8 nitrogen and oxygen atoms in total. The molecule has 0 saturated carbocycles. The van der Waals surface area contributed by atoms with E-state index in [0.717, 1.165) is 0 Å². The van der Waals surface area contributed by atoms with E-state index in [2.05, 4.69) is 10.3 Å². The van der Waals surface area contributed by atoms with Gasteiger partial charge in [0.15, 0.2) is 0 Å². The summed E-state index contributed by atoms with van der Waals surface area (Å²) >= 11 is 6.21. The second kappa shape index (κ2) is 6.33. The van der Waals surface area contributed by atoms with E-state index in [0.29, 0.717) is 22.5 Å². The van der Waals surface area contributed by atoms with Crippen molar-refractivity contribution in [2.75, 3.05) is 12.4 Å². The van der Waals surface area contributed by atoms with Gasteiger partial charge in [0.05, 0.1) is 22.7 Å². The number of non-ortho nitro benzene ring substituents is 1. The Morgan fingerprint density at radius 3 is 2.76 bits per heavy atom. The van der Waals surface area contributed by atoms with E-state index in [-0.39, 0.29) is 21.9 Å². The van der Waals surface area contributed by atoms with Crippen molar-refractivity contribution in [2.24, 2.45) is 0 Å². The van der Waals surface area contributed by atoms with Crippen molar-refractivity contribution in [3.63, 3.8) is 0 Å². The molecule has 0 spiro atoms. The first-order valence-electron chi connectivity index (χ1n) is 7.04. The van der Waals surface area contributed by atoms with Crippen molar-refractivity contribution in [3.05, 3.63) is 57.2 Å². The van der Waals surface area contributed by atoms with Crippen LogP contribution in [0.25, 0.3) is 10.9 Å². The minimum absolute atomic E-state index is 0.0807. The van der Waals surface area contributed by atoms with E-state index in [1.807, 2.05) is 0 Å². The van der Waals surface area contributed by atoms with E-state index in [9.17, 15) is 14.9 Å². The van der Waals surface area contributed by atoms with Gasteiger partial charge in [0.25, 0.3) is 5.69 Å². The molecule has 3 N–H and O–H groups in total. The Balaban J connectivity index is 2.20. The summed E-state index contributed by atoms with van der Waals surface area (Å²) in [5.74, 6) is -0.617. The molecule has 0 radical (unpaired) electrons. The van der Waals surface area contributed by atoms with Crippen molar-refractivity contribution >= 4 is 45.5 Å². The first kappa shape index (κ1) is 16.6. The van der Waals surface area contributed by atoms with Gasteiger partial charge >= 0.3 is 5.97 Å². The van der Waals surface area contributed by atoms with Crippen LogP contribution in [0.5, 0.6) is 5.75 Å². The van der Waals surface area contributed by atoms with E-state index >= 15 is 0 Å². The summed E-state index contributed by atoms with van der Waals surface area (Å²) in [6.45, 7) is 0. The van der Waals surface area contributed by atoms with Crippen LogP contribution in [-0.2, 0) is 0 Å². The Bertz CT molecular complexity index is 999.